The van der Waals surface area contributed by atoms with Crippen molar-refractivity contribution in [3.05, 3.63) is 64.6 Å². The quantitative estimate of drug-likeness (QED) is 0.679. The number of nitrogens with two attached hydrogens (primary N) is 1. The molecule has 0 atom stereocenters. The molecule has 0 fully saturated rings. The lowest BCUT2D eigenvalue weighted by molar-refractivity contribution is 0.485. The number of nitriles is 1. The van der Waals surface area contributed by atoms with E-state index >= 15 is 0 Å². The summed E-state index contributed by atoms with van der Waals surface area (Å²) >= 11 is 3.45. The van der Waals surface area contributed by atoms with E-state index in [9.17, 15) is 5.26 Å². The Kier molecular flexibility index (Phi) is 3.51. The van der Waals surface area contributed by atoms with E-state index in [4.69, 9.17) is 10.5 Å². The molecule has 0 aliphatic carbocycles. The molecule has 0 spiro atoms. The number of nitrogen functional groups attached to an aromatic ring is 1. The van der Waals surface area contributed by atoms with Crippen LogP contribution in [0.25, 0.3) is 10.8 Å². The summed E-state index contributed by atoms with van der Waals surface area (Å²) in [7, 11) is 0. The van der Waals surface area contributed by atoms with Crippen molar-refractivity contribution in [2.45, 2.75) is 0 Å². The molecule has 0 aromatic heterocycles. The summed E-state index contributed by atoms with van der Waals surface area (Å²) in [5.41, 5.74) is 7.06. The predicted octanol–water partition coefficient (Wildman–Crippen LogP) is 4.85. The number of fused-ring (bicyclic) bond motifs is 1. The second-order valence-electron chi connectivity index (χ2n) is 4.56. The maximum Gasteiger partial charge on any atom is 0.143 e. The molecule has 2 N–H and O–H groups in total. The molecule has 0 radical (unpaired) electrons. The maximum atomic E-state index is 9.18. The second kappa shape index (κ2) is 5.47. The third-order valence-corrected chi connectivity index (χ3v) is 3.83. The van der Waals surface area contributed by atoms with E-state index in [-0.39, 0.29) is 0 Å². The number of rotatable bonds is 2. The zero-order valence-corrected chi connectivity index (χ0v) is 12.6. The highest BCUT2D eigenvalue weighted by atomic mass is 79.9. The van der Waals surface area contributed by atoms with Crippen LogP contribution in [0.2, 0.25) is 0 Å². The van der Waals surface area contributed by atoms with Gasteiger partial charge >= 0.3 is 0 Å². The van der Waals surface area contributed by atoms with Crippen LogP contribution in [0.4, 0.5) is 5.69 Å². The summed E-state index contributed by atoms with van der Waals surface area (Å²) < 4.78 is 6.79. The van der Waals surface area contributed by atoms with Gasteiger partial charge in [0.15, 0.2) is 0 Å². The molecule has 0 saturated heterocycles. The Balaban J connectivity index is 2.14. The van der Waals surface area contributed by atoms with Gasteiger partial charge in [0, 0.05) is 22.5 Å². The molecule has 0 aliphatic rings. The van der Waals surface area contributed by atoms with Gasteiger partial charge in [-0.15, -0.1) is 0 Å². The van der Waals surface area contributed by atoms with Gasteiger partial charge in [0.2, 0.25) is 0 Å². The van der Waals surface area contributed by atoms with E-state index in [1.54, 1.807) is 24.3 Å². The SMILES string of the molecule is N#Cc1ccc(Oc2cc(N)ccc2Br)c2ccccc12. The number of anilines is 1. The van der Waals surface area contributed by atoms with Gasteiger partial charge in [-0.2, -0.15) is 5.26 Å². The van der Waals surface area contributed by atoms with Gasteiger partial charge in [-0.3, -0.25) is 0 Å². The number of hydrogen-bond acceptors (Lipinski definition) is 3. The zero-order chi connectivity index (χ0) is 14.8. The molecule has 4 heteroatoms. The molecular weight excluding hydrogens is 328 g/mol. The zero-order valence-electron chi connectivity index (χ0n) is 11.0. The van der Waals surface area contributed by atoms with Gasteiger partial charge in [0.25, 0.3) is 0 Å². The Hall–Kier alpha value is -2.51. The van der Waals surface area contributed by atoms with Gasteiger partial charge in [-0.25, -0.2) is 0 Å². The van der Waals surface area contributed by atoms with Crippen LogP contribution in [-0.2, 0) is 0 Å². The summed E-state index contributed by atoms with van der Waals surface area (Å²) in [6, 6.07) is 18.8. The molecule has 0 bridgehead atoms. The first-order valence-electron chi connectivity index (χ1n) is 6.34. The molecule has 0 heterocycles. The van der Waals surface area contributed by atoms with Crippen LogP contribution >= 0.6 is 15.9 Å². The summed E-state index contributed by atoms with van der Waals surface area (Å²) in [6.07, 6.45) is 0. The highest BCUT2D eigenvalue weighted by Gasteiger charge is 2.09. The topological polar surface area (TPSA) is 59.0 Å². The van der Waals surface area contributed by atoms with Crippen molar-refractivity contribution in [2.24, 2.45) is 0 Å². The summed E-state index contributed by atoms with van der Waals surface area (Å²) in [5.74, 6) is 1.33. The Morgan fingerprint density at radius 1 is 0.952 bits per heavy atom. The van der Waals surface area contributed by atoms with Crippen LogP contribution in [0.15, 0.2) is 59.1 Å². The van der Waals surface area contributed by atoms with Crippen molar-refractivity contribution in [1.82, 2.24) is 0 Å². The minimum Gasteiger partial charge on any atom is -0.455 e. The predicted molar refractivity (Wildman–Crippen MR) is 87.3 cm³/mol. The van der Waals surface area contributed by atoms with Crippen molar-refractivity contribution in [2.75, 3.05) is 5.73 Å². The standard InChI is InChI=1S/C17H11BrN2O/c18-15-7-6-12(20)9-17(15)21-16-8-5-11(10-19)13-3-1-2-4-14(13)16/h1-9H,20H2. The third kappa shape index (κ3) is 2.56. The lowest BCUT2D eigenvalue weighted by Gasteiger charge is -2.11. The van der Waals surface area contributed by atoms with Crippen LogP contribution in [0.5, 0.6) is 11.5 Å². The van der Waals surface area contributed by atoms with E-state index in [2.05, 4.69) is 22.0 Å². The normalized spacial score (nSPS) is 10.3. The van der Waals surface area contributed by atoms with Gasteiger partial charge in [0.1, 0.15) is 11.5 Å². The monoisotopic (exact) mass is 338 g/mol. The van der Waals surface area contributed by atoms with E-state index in [0.717, 1.165) is 15.2 Å². The average Bonchev–Trinajstić information content (AvgIpc) is 2.51. The van der Waals surface area contributed by atoms with Crippen molar-refractivity contribution < 1.29 is 4.74 Å². The van der Waals surface area contributed by atoms with Crippen molar-refractivity contribution in [3.8, 4) is 17.6 Å². The average molecular weight is 339 g/mol. The van der Waals surface area contributed by atoms with Crippen molar-refractivity contribution >= 4 is 32.4 Å². The molecule has 0 amide bonds. The first-order chi connectivity index (χ1) is 10.2. The minimum absolute atomic E-state index is 0.629. The lowest BCUT2D eigenvalue weighted by Crippen LogP contribution is -1.91. The van der Waals surface area contributed by atoms with Gasteiger partial charge < -0.3 is 10.5 Å². The van der Waals surface area contributed by atoms with E-state index in [0.29, 0.717) is 22.7 Å². The first-order valence-corrected chi connectivity index (χ1v) is 7.13. The molecule has 3 nitrogen and oxygen atoms in total. The molecular formula is C17H11BrN2O. The Bertz CT molecular complexity index is 868. The lowest BCUT2D eigenvalue weighted by atomic mass is 10.0. The van der Waals surface area contributed by atoms with Crippen LogP contribution < -0.4 is 10.5 Å². The number of halogens is 1. The van der Waals surface area contributed by atoms with Crippen LogP contribution in [-0.4, -0.2) is 0 Å². The van der Waals surface area contributed by atoms with Crippen LogP contribution in [0.3, 0.4) is 0 Å². The molecule has 3 aromatic carbocycles. The minimum atomic E-state index is 0.629. The summed E-state index contributed by atoms with van der Waals surface area (Å²) in [6.45, 7) is 0. The number of benzene rings is 3. The van der Waals surface area contributed by atoms with Gasteiger partial charge in [-0.05, 0) is 40.2 Å². The first kappa shape index (κ1) is 13.5. The van der Waals surface area contributed by atoms with Crippen molar-refractivity contribution in [3.63, 3.8) is 0 Å². The summed E-state index contributed by atoms with van der Waals surface area (Å²) in [4.78, 5) is 0. The largest absolute Gasteiger partial charge is 0.455 e. The summed E-state index contributed by atoms with van der Waals surface area (Å²) in [5, 5.41) is 10.9. The highest BCUT2D eigenvalue weighted by molar-refractivity contribution is 9.10. The fourth-order valence-electron chi connectivity index (χ4n) is 2.17. The smallest absolute Gasteiger partial charge is 0.143 e. The fourth-order valence-corrected chi connectivity index (χ4v) is 2.50. The molecule has 21 heavy (non-hydrogen) atoms. The Morgan fingerprint density at radius 2 is 1.71 bits per heavy atom. The van der Waals surface area contributed by atoms with Crippen LogP contribution in [0.1, 0.15) is 5.56 Å². The molecule has 3 rings (SSSR count). The molecule has 102 valence electrons. The van der Waals surface area contributed by atoms with Gasteiger partial charge in [-0.1, -0.05) is 24.3 Å². The number of nitrogens with zero attached hydrogens (tertiary/aromatic N) is 1. The fraction of sp³-hybridized carbons (Fsp3) is 0. The Labute approximate surface area is 130 Å². The number of hydrogen-bond donors (Lipinski definition) is 1. The van der Waals surface area contributed by atoms with E-state index < -0.39 is 0 Å². The molecule has 3 aromatic rings. The van der Waals surface area contributed by atoms with Crippen LogP contribution in [0, 0.1) is 11.3 Å². The molecule has 0 saturated carbocycles. The highest BCUT2D eigenvalue weighted by Crippen LogP contribution is 2.35. The molecule has 0 aliphatic heterocycles. The molecule has 0 unspecified atom stereocenters. The second-order valence-corrected chi connectivity index (χ2v) is 5.41. The van der Waals surface area contributed by atoms with E-state index in [1.807, 2.05) is 30.3 Å². The third-order valence-electron chi connectivity index (χ3n) is 3.18. The van der Waals surface area contributed by atoms with E-state index in [1.165, 1.54) is 0 Å². The maximum absolute atomic E-state index is 9.18. The van der Waals surface area contributed by atoms with Crippen molar-refractivity contribution in [1.29, 1.82) is 5.26 Å². The Morgan fingerprint density at radius 3 is 2.48 bits per heavy atom. The number of ether oxygens (including phenoxy) is 1. The van der Waals surface area contributed by atoms with Gasteiger partial charge in [0.05, 0.1) is 16.1 Å².